The Morgan fingerprint density at radius 2 is 1.92 bits per heavy atom. The Hall–Kier alpha value is -2.46. The van der Waals surface area contributed by atoms with Gasteiger partial charge in [0.2, 0.25) is 5.91 Å². The molecule has 0 aromatic heterocycles. The zero-order valence-corrected chi connectivity index (χ0v) is 15.0. The summed E-state index contributed by atoms with van der Waals surface area (Å²) in [7, 11) is 0. The van der Waals surface area contributed by atoms with Crippen molar-refractivity contribution < 1.29 is 13.9 Å². The van der Waals surface area contributed by atoms with Crippen LogP contribution in [0.1, 0.15) is 30.9 Å². The summed E-state index contributed by atoms with van der Waals surface area (Å²) in [6.07, 6.45) is 5.15. The maximum Gasteiger partial charge on any atom is 0.226 e. The monoisotopic (exact) mass is 353 g/mol. The highest BCUT2D eigenvalue weighted by Crippen LogP contribution is 2.42. The summed E-state index contributed by atoms with van der Waals surface area (Å²) in [6.45, 7) is 2.88. The van der Waals surface area contributed by atoms with Gasteiger partial charge in [-0.05, 0) is 43.0 Å². The number of allylic oxidation sites excluding steroid dienone is 2. The zero-order valence-electron chi connectivity index (χ0n) is 15.0. The molecule has 2 aromatic rings. The van der Waals surface area contributed by atoms with Gasteiger partial charge in [0.15, 0.2) is 0 Å². The van der Waals surface area contributed by atoms with Crippen LogP contribution in [0.4, 0.5) is 4.39 Å². The Morgan fingerprint density at radius 1 is 1.19 bits per heavy atom. The van der Waals surface area contributed by atoms with E-state index in [9.17, 15) is 9.18 Å². The van der Waals surface area contributed by atoms with Crippen LogP contribution in [-0.2, 0) is 21.7 Å². The summed E-state index contributed by atoms with van der Waals surface area (Å²) < 4.78 is 19.9. The van der Waals surface area contributed by atoms with Crippen molar-refractivity contribution in [2.75, 3.05) is 6.54 Å². The molecule has 1 saturated heterocycles. The summed E-state index contributed by atoms with van der Waals surface area (Å²) in [4.78, 5) is 12.7. The lowest BCUT2D eigenvalue weighted by atomic mass is 9.74. The van der Waals surface area contributed by atoms with E-state index < -0.39 is 5.60 Å². The van der Waals surface area contributed by atoms with E-state index in [0.29, 0.717) is 26.0 Å². The van der Waals surface area contributed by atoms with Crippen LogP contribution in [0.3, 0.4) is 0 Å². The molecule has 1 aliphatic heterocycles. The van der Waals surface area contributed by atoms with E-state index in [0.717, 1.165) is 11.1 Å². The number of carbonyl (C=O) groups excluding carboxylic acids is 1. The van der Waals surface area contributed by atoms with Gasteiger partial charge in [0, 0.05) is 6.54 Å². The number of amides is 1. The molecular weight excluding hydrogens is 329 g/mol. The third-order valence-electron chi connectivity index (χ3n) is 4.95. The maximum atomic E-state index is 13.5. The largest absolute Gasteiger partial charge is 0.365 e. The Morgan fingerprint density at radius 3 is 2.62 bits per heavy atom. The molecule has 0 spiro atoms. The summed E-state index contributed by atoms with van der Waals surface area (Å²) >= 11 is 0. The molecule has 0 bridgehead atoms. The van der Waals surface area contributed by atoms with Crippen LogP contribution < -0.4 is 5.32 Å². The molecule has 136 valence electrons. The lowest BCUT2D eigenvalue weighted by molar-refractivity contribution is -0.155. The molecule has 1 amide bonds. The first-order valence-electron chi connectivity index (χ1n) is 8.98. The van der Waals surface area contributed by atoms with Crippen molar-refractivity contribution in [3.05, 3.63) is 83.7 Å². The third kappa shape index (κ3) is 3.86. The normalized spacial score (nSPS) is 23.2. The van der Waals surface area contributed by atoms with Gasteiger partial charge in [-0.3, -0.25) is 4.79 Å². The fourth-order valence-electron chi connectivity index (χ4n) is 3.57. The summed E-state index contributed by atoms with van der Waals surface area (Å²) in [5, 5.41) is 2.95. The molecule has 1 fully saturated rings. The van der Waals surface area contributed by atoms with Gasteiger partial charge in [0.1, 0.15) is 11.4 Å². The summed E-state index contributed by atoms with van der Waals surface area (Å²) in [5.41, 5.74) is 1.12. The van der Waals surface area contributed by atoms with E-state index in [1.165, 1.54) is 12.1 Å². The standard InChI is InChI=1S/C22H24FNO2/c1-2-3-9-20-21(25)24-15-14-22(20,18-10-12-19(23)13-11-18)26-16-17-7-5-4-6-8-17/h2-8,10-13,20H,9,14-16H2,1H3,(H,24,25). The minimum atomic E-state index is -0.772. The van der Waals surface area contributed by atoms with Crippen LogP contribution >= 0.6 is 0 Å². The van der Waals surface area contributed by atoms with Gasteiger partial charge in [-0.1, -0.05) is 54.6 Å². The van der Waals surface area contributed by atoms with Crippen molar-refractivity contribution in [3.8, 4) is 0 Å². The molecule has 3 rings (SSSR count). The number of piperidine rings is 1. The highest BCUT2D eigenvalue weighted by atomic mass is 19.1. The molecule has 4 heteroatoms. The molecule has 2 aromatic carbocycles. The number of halogens is 1. The Balaban J connectivity index is 1.98. The fraction of sp³-hybridized carbons (Fsp3) is 0.318. The van der Waals surface area contributed by atoms with Crippen LogP contribution in [0.2, 0.25) is 0 Å². The van der Waals surface area contributed by atoms with Crippen LogP contribution in [0, 0.1) is 11.7 Å². The van der Waals surface area contributed by atoms with Crippen molar-refractivity contribution in [2.24, 2.45) is 5.92 Å². The molecule has 1 heterocycles. The molecule has 2 atom stereocenters. The third-order valence-corrected chi connectivity index (χ3v) is 4.95. The fourth-order valence-corrected chi connectivity index (χ4v) is 3.57. The van der Waals surface area contributed by atoms with Crippen LogP contribution in [-0.4, -0.2) is 12.5 Å². The molecule has 0 saturated carbocycles. The number of nitrogens with one attached hydrogen (secondary N) is 1. The second-order valence-corrected chi connectivity index (χ2v) is 6.57. The average molecular weight is 353 g/mol. The molecule has 26 heavy (non-hydrogen) atoms. The Labute approximate surface area is 153 Å². The highest BCUT2D eigenvalue weighted by Gasteiger charge is 2.47. The number of ether oxygens (including phenoxy) is 1. The number of benzene rings is 2. The predicted molar refractivity (Wildman–Crippen MR) is 99.9 cm³/mol. The van der Waals surface area contributed by atoms with Gasteiger partial charge in [0.25, 0.3) is 0 Å². The predicted octanol–water partition coefficient (Wildman–Crippen LogP) is 4.34. The Bertz CT molecular complexity index is 757. The van der Waals surface area contributed by atoms with E-state index in [2.05, 4.69) is 5.32 Å². The minimum absolute atomic E-state index is 0.0215. The van der Waals surface area contributed by atoms with E-state index in [1.807, 2.05) is 49.4 Å². The van der Waals surface area contributed by atoms with Crippen LogP contribution in [0.5, 0.6) is 0 Å². The quantitative estimate of drug-likeness (QED) is 0.785. The number of hydrogen-bond donors (Lipinski definition) is 1. The van der Waals surface area contributed by atoms with Crippen molar-refractivity contribution in [1.82, 2.24) is 5.32 Å². The van der Waals surface area contributed by atoms with Gasteiger partial charge >= 0.3 is 0 Å². The molecule has 3 nitrogen and oxygen atoms in total. The van der Waals surface area contributed by atoms with E-state index >= 15 is 0 Å². The minimum Gasteiger partial charge on any atom is -0.365 e. The van der Waals surface area contributed by atoms with Crippen molar-refractivity contribution in [2.45, 2.75) is 32.0 Å². The van der Waals surface area contributed by atoms with Crippen molar-refractivity contribution in [1.29, 1.82) is 0 Å². The Kier molecular flexibility index (Phi) is 5.84. The van der Waals surface area contributed by atoms with Gasteiger partial charge in [-0.2, -0.15) is 0 Å². The van der Waals surface area contributed by atoms with Crippen LogP contribution in [0.15, 0.2) is 66.7 Å². The number of rotatable bonds is 6. The topological polar surface area (TPSA) is 38.3 Å². The van der Waals surface area contributed by atoms with Crippen LogP contribution in [0.25, 0.3) is 0 Å². The second kappa shape index (κ2) is 8.28. The van der Waals surface area contributed by atoms with E-state index in [4.69, 9.17) is 4.74 Å². The SMILES string of the molecule is CC=CCC1C(=O)NCCC1(OCc1ccccc1)c1ccc(F)cc1. The van der Waals surface area contributed by atoms with Gasteiger partial charge in [0.05, 0.1) is 12.5 Å². The summed E-state index contributed by atoms with van der Waals surface area (Å²) in [5.74, 6) is -0.675. The average Bonchev–Trinajstić information content (AvgIpc) is 2.67. The lowest BCUT2D eigenvalue weighted by Gasteiger charge is -2.43. The van der Waals surface area contributed by atoms with E-state index in [-0.39, 0.29) is 17.6 Å². The summed E-state index contributed by atoms with van der Waals surface area (Å²) in [6, 6.07) is 16.2. The zero-order chi connectivity index (χ0) is 18.4. The molecule has 1 N–H and O–H groups in total. The van der Waals surface area contributed by atoms with Gasteiger partial charge < -0.3 is 10.1 Å². The number of hydrogen-bond acceptors (Lipinski definition) is 2. The second-order valence-electron chi connectivity index (χ2n) is 6.57. The molecule has 1 aliphatic rings. The smallest absolute Gasteiger partial charge is 0.226 e. The first-order valence-corrected chi connectivity index (χ1v) is 8.98. The molecular formula is C22H24FNO2. The van der Waals surface area contributed by atoms with Crippen molar-refractivity contribution in [3.63, 3.8) is 0 Å². The van der Waals surface area contributed by atoms with E-state index in [1.54, 1.807) is 12.1 Å². The molecule has 0 aliphatic carbocycles. The van der Waals surface area contributed by atoms with Crippen molar-refractivity contribution >= 4 is 5.91 Å². The lowest BCUT2D eigenvalue weighted by Crippen LogP contribution is -2.53. The number of carbonyl (C=O) groups is 1. The highest BCUT2D eigenvalue weighted by molar-refractivity contribution is 5.81. The molecule has 0 radical (unpaired) electrons. The van der Waals surface area contributed by atoms with Gasteiger partial charge in [-0.15, -0.1) is 0 Å². The van der Waals surface area contributed by atoms with Gasteiger partial charge in [-0.25, -0.2) is 4.39 Å². The molecule has 2 unspecified atom stereocenters. The maximum absolute atomic E-state index is 13.5. The first-order chi connectivity index (χ1) is 12.7. The first kappa shape index (κ1) is 18.3.